The number of amides is 3. The first-order valence-electron chi connectivity index (χ1n) is 12.4. The number of nitrogens with one attached hydrogen (secondary N) is 2. The fraction of sp³-hybridized carbons (Fsp3) is 0.167. The monoisotopic (exact) mass is 539 g/mol. The second-order valence-corrected chi connectivity index (χ2v) is 9.91. The molecule has 8 nitrogen and oxygen atoms in total. The minimum Gasteiger partial charge on any atom is -0.323 e. The fourth-order valence-electron chi connectivity index (χ4n) is 4.56. The predicted octanol–water partition coefficient (Wildman–Crippen LogP) is 5.20. The lowest BCUT2D eigenvalue weighted by molar-refractivity contribution is -0.120. The van der Waals surface area contributed by atoms with Gasteiger partial charge in [0.05, 0.1) is 11.3 Å². The molecule has 3 amide bonds. The van der Waals surface area contributed by atoms with Crippen LogP contribution in [0.3, 0.4) is 0 Å². The van der Waals surface area contributed by atoms with Gasteiger partial charge in [-0.3, -0.25) is 19.4 Å². The molecule has 2 N–H and O–H groups in total. The maximum Gasteiger partial charge on any atom is 0.257 e. The van der Waals surface area contributed by atoms with Gasteiger partial charge in [0.1, 0.15) is 11.9 Å². The van der Waals surface area contributed by atoms with E-state index in [1.165, 1.54) is 0 Å². The molecule has 196 valence electrons. The van der Waals surface area contributed by atoms with E-state index in [9.17, 15) is 14.4 Å². The van der Waals surface area contributed by atoms with E-state index >= 15 is 0 Å². The number of halogens is 1. The van der Waals surface area contributed by atoms with Crippen LogP contribution in [0.25, 0.3) is 0 Å². The van der Waals surface area contributed by atoms with Gasteiger partial charge in [0.15, 0.2) is 0 Å². The topological polar surface area (TPSA) is 104 Å². The summed E-state index contributed by atoms with van der Waals surface area (Å²) in [7, 11) is 0. The molecule has 0 radical (unpaired) electrons. The highest BCUT2D eigenvalue weighted by Crippen LogP contribution is 2.29. The summed E-state index contributed by atoms with van der Waals surface area (Å²) in [6.07, 6.45) is 3.58. The normalized spacial score (nSPS) is 14.8. The Hall–Kier alpha value is -4.56. The Labute approximate surface area is 231 Å². The molecule has 0 bridgehead atoms. The van der Waals surface area contributed by atoms with Gasteiger partial charge in [-0.05, 0) is 73.0 Å². The van der Waals surface area contributed by atoms with Crippen LogP contribution >= 0.6 is 11.6 Å². The zero-order chi connectivity index (χ0) is 27.5. The number of aryl methyl sites for hydroxylation is 2. The number of pyridine rings is 2. The molecule has 0 aliphatic carbocycles. The second-order valence-electron chi connectivity index (χ2n) is 9.48. The maximum atomic E-state index is 13.8. The molecular formula is C30H26ClN5O3. The first-order valence-corrected chi connectivity index (χ1v) is 12.8. The molecule has 4 aromatic rings. The van der Waals surface area contributed by atoms with E-state index in [1.54, 1.807) is 59.8 Å². The smallest absolute Gasteiger partial charge is 0.257 e. The molecule has 39 heavy (non-hydrogen) atoms. The number of nitrogens with zero attached hydrogens (tertiary/aromatic N) is 3. The van der Waals surface area contributed by atoms with Gasteiger partial charge in [-0.15, -0.1) is 0 Å². The zero-order valence-electron chi connectivity index (χ0n) is 21.4. The van der Waals surface area contributed by atoms with Gasteiger partial charge in [-0.25, -0.2) is 4.98 Å². The average molecular weight is 540 g/mol. The molecule has 0 spiro atoms. The Morgan fingerprint density at radius 3 is 2.59 bits per heavy atom. The van der Waals surface area contributed by atoms with E-state index in [-0.39, 0.29) is 30.7 Å². The zero-order valence-corrected chi connectivity index (χ0v) is 22.2. The molecule has 5 rings (SSSR count). The lowest BCUT2D eigenvalue weighted by atomic mass is 10.0. The summed E-state index contributed by atoms with van der Waals surface area (Å²) in [6.45, 7) is 3.92. The van der Waals surface area contributed by atoms with Crippen LogP contribution in [-0.4, -0.2) is 38.6 Å². The molecular weight excluding hydrogens is 514 g/mol. The van der Waals surface area contributed by atoms with Crippen molar-refractivity contribution in [1.82, 2.24) is 14.9 Å². The molecule has 1 aliphatic heterocycles. The molecule has 1 atom stereocenters. The molecule has 0 fully saturated rings. The lowest BCUT2D eigenvalue weighted by Crippen LogP contribution is -2.46. The van der Waals surface area contributed by atoms with Crippen molar-refractivity contribution in [3.63, 3.8) is 0 Å². The first kappa shape index (κ1) is 26.1. The lowest BCUT2D eigenvalue weighted by Gasteiger charge is -2.29. The summed E-state index contributed by atoms with van der Waals surface area (Å²) < 4.78 is 0. The van der Waals surface area contributed by atoms with E-state index in [4.69, 9.17) is 11.6 Å². The largest absolute Gasteiger partial charge is 0.323 e. The van der Waals surface area contributed by atoms with Gasteiger partial charge in [0.2, 0.25) is 5.91 Å². The van der Waals surface area contributed by atoms with Crippen LogP contribution in [0.1, 0.15) is 43.1 Å². The Morgan fingerprint density at radius 2 is 1.87 bits per heavy atom. The number of hydrogen-bond acceptors (Lipinski definition) is 5. The number of carbonyl (C=O) groups excluding carboxylic acids is 3. The molecule has 0 saturated carbocycles. The third-order valence-electron chi connectivity index (χ3n) is 6.58. The molecule has 1 aliphatic rings. The molecule has 1 unspecified atom stereocenters. The minimum atomic E-state index is -0.811. The highest BCUT2D eigenvalue weighted by Gasteiger charge is 2.36. The molecule has 0 saturated heterocycles. The van der Waals surface area contributed by atoms with Crippen molar-refractivity contribution in [2.24, 2.45) is 0 Å². The van der Waals surface area contributed by atoms with Gasteiger partial charge in [0, 0.05) is 41.6 Å². The Balaban J connectivity index is 1.44. The predicted molar refractivity (Wildman–Crippen MR) is 150 cm³/mol. The highest BCUT2D eigenvalue weighted by molar-refractivity contribution is 6.31. The summed E-state index contributed by atoms with van der Waals surface area (Å²) in [5.41, 5.74) is 4.42. The summed E-state index contributed by atoms with van der Waals surface area (Å²) in [5, 5.41) is 6.10. The summed E-state index contributed by atoms with van der Waals surface area (Å²) in [5.74, 6) is -0.440. The quantitative estimate of drug-likeness (QED) is 0.350. The Kier molecular flexibility index (Phi) is 7.38. The number of benzene rings is 2. The van der Waals surface area contributed by atoms with Crippen molar-refractivity contribution in [3.8, 4) is 0 Å². The summed E-state index contributed by atoms with van der Waals surface area (Å²) in [4.78, 5) is 50.2. The van der Waals surface area contributed by atoms with Crippen LogP contribution in [0, 0.1) is 13.8 Å². The van der Waals surface area contributed by atoms with Crippen LogP contribution in [0.4, 0.5) is 11.5 Å². The van der Waals surface area contributed by atoms with E-state index in [2.05, 4.69) is 20.6 Å². The molecule has 3 heterocycles. The van der Waals surface area contributed by atoms with Crippen molar-refractivity contribution in [2.45, 2.75) is 32.9 Å². The van der Waals surface area contributed by atoms with Crippen LogP contribution < -0.4 is 10.6 Å². The number of anilines is 2. The standard InChI is InChI=1S/C30H26ClN5O3/c1-18-6-11-27(33-16-18)35-28(37)23-9-7-20(13-19(23)2)17-36-26(15-22-5-3-4-12-32-22)29(38)34-25-14-21(31)8-10-24(25)30(36)39/h3-14,16,26H,15,17H2,1-2H3,(H,34,38)(H,33,35,37). The summed E-state index contributed by atoms with van der Waals surface area (Å²) >= 11 is 6.15. The number of fused-ring (bicyclic) bond motifs is 1. The van der Waals surface area contributed by atoms with Gasteiger partial charge in [0.25, 0.3) is 11.8 Å². The van der Waals surface area contributed by atoms with Gasteiger partial charge in [-0.2, -0.15) is 0 Å². The van der Waals surface area contributed by atoms with Crippen molar-refractivity contribution >= 4 is 40.8 Å². The van der Waals surface area contributed by atoms with Crippen molar-refractivity contribution < 1.29 is 14.4 Å². The van der Waals surface area contributed by atoms with Crippen LogP contribution in [0.2, 0.25) is 5.02 Å². The van der Waals surface area contributed by atoms with Crippen LogP contribution in [0.5, 0.6) is 0 Å². The Morgan fingerprint density at radius 1 is 1.03 bits per heavy atom. The van der Waals surface area contributed by atoms with Crippen LogP contribution in [-0.2, 0) is 17.8 Å². The second kappa shape index (κ2) is 11.0. The number of carbonyl (C=O) groups is 3. The Bertz CT molecular complexity index is 1560. The summed E-state index contributed by atoms with van der Waals surface area (Å²) in [6, 6.07) is 18.5. The minimum absolute atomic E-state index is 0.161. The SMILES string of the molecule is Cc1ccc(NC(=O)c2ccc(CN3C(=O)c4ccc(Cl)cc4NC(=O)C3Cc3ccccn3)cc2C)nc1. The number of rotatable bonds is 6. The van der Waals surface area contributed by atoms with E-state index < -0.39 is 6.04 Å². The highest BCUT2D eigenvalue weighted by atomic mass is 35.5. The van der Waals surface area contributed by atoms with E-state index in [0.29, 0.717) is 33.3 Å². The van der Waals surface area contributed by atoms with Crippen molar-refractivity contribution in [3.05, 3.63) is 118 Å². The van der Waals surface area contributed by atoms with Crippen LogP contribution in [0.15, 0.2) is 79.1 Å². The maximum absolute atomic E-state index is 13.8. The molecule has 9 heteroatoms. The average Bonchev–Trinajstić information content (AvgIpc) is 3.00. The van der Waals surface area contributed by atoms with Crippen molar-refractivity contribution in [2.75, 3.05) is 10.6 Å². The third kappa shape index (κ3) is 5.81. The fourth-order valence-corrected chi connectivity index (χ4v) is 4.74. The molecule has 2 aromatic carbocycles. The van der Waals surface area contributed by atoms with Gasteiger partial charge >= 0.3 is 0 Å². The first-order chi connectivity index (χ1) is 18.8. The molecule has 2 aromatic heterocycles. The number of aromatic nitrogens is 2. The third-order valence-corrected chi connectivity index (χ3v) is 6.81. The van der Waals surface area contributed by atoms with Gasteiger partial charge < -0.3 is 15.5 Å². The van der Waals surface area contributed by atoms with Crippen molar-refractivity contribution in [1.29, 1.82) is 0 Å². The number of hydrogen-bond donors (Lipinski definition) is 2. The van der Waals surface area contributed by atoms with Gasteiger partial charge in [-0.1, -0.05) is 35.9 Å². The van der Waals surface area contributed by atoms with E-state index in [1.807, 2.05) is 38.1 Å². The van der Waals surface area contributed by atoms with E-state index in [0.717, 1.165) is 16.7 Å².